The van der Waals surface area contributed by atoms with Gasteiger partial charge in [0.1, 0.15) is 5.82 Å². The Labute approximate surface area is 126 Å². The van der Waals surface area contributed by atoms with Gasteiger partial charge in [-0.2, -0.15) is 0 Å². The van der Waals surface area contributed by atoms with Crippen LogP contribution in [-0.4, -0.2) is 14.5 Å². The lowest BCUT2D eigenvalue weighted by Gasteiger charge is -2.09. The summed E-state index contributed by atoms with van der Waals surface area (Å²) in [4.78, 5) is 8.62. The molecule has 0 radical (unpaired) electrons. The molecule has 3 aromatic rings. The van der Waals surface area contributed by atoms with Gasteiger partial charge in [-0.05, 0) is 24.1 Å². The fourth-order valence-corrected chi connectivity index (χ4v) is 2.55. The van der Waals surface area contributed by atoms with Crippen LogP contribution in [0.4, 0.5) is 10.3 Å². The van der Waals surface area contributed by atoms with Crippen molar-refractivity contribution in [1.82, 2.24) is 14.5 Å². The van der Waals surface area contributed by atoms with E-state index in [1.165, 1.54) is 12.1 Å². The van der Waals surface area contributed by atoms with Gasteiger partial charge in [0.2, 0.25) is 5.95 Å². The number of benzene rings is 1. The molecule has 108 valence electrons. The molecule has 0 aliphatic heterocycles. The predicted octanol–water partition coefficient (Wildman–Crippen LogP) is 3.42. The Bertz CT molecular complexity index is 813. The van der Waals surface area contributed by atoms with Crippen molar-refractivity contribution in [2.45, 2.75) is 19.9 Å². The lowest BCUT2D eigenvalue weighted by molar-refractivity contribution is 0.629. The van der Waals surface area contributed by atoms with Crippen LogP contribution in [0.2, 0.25) is 5.02 Å². The van der Waals surface area contributed by atoms with Crippen LogP contribution >= 0.6 is 11.6 Å². The molecule has 0 aliphatic rings. The Morgan fingerprint density at radius 3 is 2.95 bits per heavy atom. The van der Waals surface area contributed by atoms with Crippen LogP contribution in [0.3, 0.4) is 0 Å². The highest BCUT2D eigenvalue weighted by atomic mass is 35.5. The zero-order chi connectivity index (χ0) is 15.0. The third-order valence-corrected chi connectivity index (χ3v) is 3.78. The van der Waals surface area contributed by atoms with E-state index in [0.717, 1.165) is 17.7 Å². The second-order valence-corrected chi connectivity index (χ2v) is 5.18. The highest BCUT2D eigenvalue weighted by Crippen LogP contribution is 2.25. The van der Waals surface area contributed by atoms with Gasteiger partial charge in [0, 0.05) is 12.3 Å². The van der Waals surface area contributed by atoms with E-state index in [0.29, 0.717) is 23.5 Å². The fourth-order valence-electron chi connectivity index (χ4n) is 2.39. The first-order valence-corrected chi connectivity index (χ1v) is 7.01. The first-order valence-electron chi connectivity index (χ1n) is 6.63. The SMILES string of the molecule is CCc1cccnc1Cn1c(N)nc2cc(Cl)c(F)cc21. The summed E-state index contributed by atoms with van der Waals surface area (Å²) in [6, 6.07) is 6.76. The maximum atomic E-state index is 13.7. The minimum atomic E-state index is -0.484. The number of hydrogen-bond acceptors (Lipinski definition) is 3. The molecule has 21 heavy (non-hydrogen) atoms. The molecule has 1 aromatic carbocycles. The molecule has 2 N–H and O–H groups in total. The number of nitrogen functional groups attached to an aromatic ring is 1. The number of fused-ring (bicyclic) bond motifs is 1. The maximum absolute atomic E-state index is 13.7. The van der Waals surface area contributed by atoms with E-state index in [2.05, 4.69) is 16.9 Å². The van der Waals surface area contributed by atoms with E-state index in [4.69, 9.17) is 17.3 Å². The number of nitrogens with zero attached hydrogens (tertiary/aromatic N) is 3. The van der Waals surface area contributed by atoms with Crippen LogP contribution in [0.25, 0.3) is 11.0 Å². The van der Waals surface area contributed by atoms with E-state index in [-0.39, 0.29) is 5.02 Å². The molecule has 3 rings (SSSR count). The summed E-state index contributed by atoms with van der Waals surface area (Å²) in [7, 11) is 0. The molecule has 0 amide bonds. The van der Waals surface area contributed by atoms with E-state index in [1.807, 2.05) is 12.1 Å². The van der Waals surface area contributed by atoms with Gasteiger partial charge in [-0.1, -0.05) is 24.6 Å². The lowest BCUT2D eigenvalue weighted by Crippen LogP contribution is -2.08. The number of aromatic nitrogens is 3. The monoisotopic (exact) mass is 304 g/mol. The molecule has 0 fully saturated rings. The highest BCUT2D eigenvalue weighted by Gasteiger charge is 2.13. The molecule has 6 heteroatoms. The van der Waals surface area contributed by atoms with Crippen molar-refractivity contribution in [3.63, 3.8) is 0 Å². The Morgan fingerprint density at radius 2 is 2.19 bits per heavy atom. The second kappa shape index (κ2) is 5.33. The summed E-state index contributed by atoms with van der Waals surface area (Å²) < 4.78 is 15.4. The van der Waals surface area contributed by atoms with Crippen molar-refractivity contribution in [2.75, 3.05) is 5.73 Å². The van der Waals surface area contributed by atoms with Gasteiger partial charge >= 0.3 is 0 Å². The molecule has 0 bridgehead atoms. The first kappa shape index (κ1) is 13.8. The van der Waals surface area contributed by atoms with Crippen LogP contribution in [-0.2, 0) is 13.0 Å². The molecule has 0 unspecified atom stereocenters. The van der Waals surface area contributed by atoms with E-state index < -0.39 is 5.82 Å². The minimum Gasteiger partial charge on any atom is -0.369 e. The third-order valence-electron chi connectivity index (χ3n) is 3.49. The molecule has 4 nitrogen and oxygen atoms in total. The molecule has 0 saturated carbocycles. The van der Waals surface area contributed by atoms with Crippen molar-refractivity contribution >= 4 is 28.6 Å². The molecule has 0 saturated heterocycles. The molecular formula is C15H14ClFN4. The molecule has 0 aliphatic carbocycles. The van der Waals surface area contributed by atoms with Crippen molar-refractivity contribution in [1.29, 1.82) is 0 Å². The van der Waals surface area contributed by atoms with Crippen LogP contribution in [0.15, 0.2) is 30.5 Å². The van der Waals surface area contributed by atoms with Crippen molar-refractivity contribution in [2.24, 2.45) is 0 Å². The van der Waals surface area contributed by atoms with Crippen LogP contribution in [0, 0.1) is 5.82 Å². The number of imidazole rings is 1. The summed E-state index contributed by atoms with van der Waals surface area (Å²) >= 11 is 5.78. The molecule has 0 atom stereocenters. The Morgan fingerprint density at radius 1 is 1.38 bits per heavy atom. The van der Waals surface area contributed by atoms with E-state index in [1.54, 1.807) is 10.8 Å². The van der Waals surface area contributed by atoms with Crippen LogP contribution in [0.1, 0.15) is 18.2 Å². The zero-order valence-corrected chi connectivity index (χ0v) is 12.2. The molecule has 0 spiro atoms. The van der Waals surface area contributed by atoms with E-state index >= 15 is 0 Å². The largest absolute Gasteiger partial charge is 0.369 e. The Hall–Kier alpha value is -2.14. The Kier molecular flexibility index (Phi) is 3.51. The summed E-state index contributed by atoms with van der Waals surface area (Å²) in [5, 5.41) is 0.0410. The average molecular weight is 305 g/mol. The van der Waals surface area contributed by atoms with Gasteiger partial charge in [0.05, 0.1) is 28.3 Å². The standard InChI is InChI=1S/C15H14ClFN4/c1-2-9-4-3-5-19-13(9)8-21-14-7-11(17)10(16)6-12(14)20-15(21)18/h3-7H,2,8H2,1H3,(H2,18,20). The maximum Gasteiger partial charge on any atom is 0.201 e. The molecule has 2 heterocycles. The predicted molar refractivity (Wildman–Crippen MR) is 81.8 cm³/mol. The minimum absolute atomic E-state index is 0.0410. The van der Waals surface area contributed by atoms with Gasteiger partial charge in [-0.25, -0.2) is 9.37 Å². The third kappa shape index (κ3) is 2.45. The van der Waals surface area contributed by atoms with Gasteiger partial charge in [-0.15, -0.1) is 0 Å². The number of hydrogen-bond donors (Lipinski definition) is 1. The summed E-state index contributed by atoms with van der Waals surface area (Å²) in [6.07, 6.45) is 2.61. The molecule has 2 aromatic heterocycles. The summed E-state index contributed by atoms with van der Waals surface area (Å²) in [6.45, 7) is 2.52. The van der Waals surface area contributed by atoms with Gasteiger partial charge in [-0.3, -0.25) is 4.98 Å². The van der Waals surface area contributed by atoms with Crippen LogP contribution < -0.4 is 5.73 Å². The number of halogens is 2. The topological polar surface area (TPSA) is 56.7 Å². The number of anilines is 1. The number of nitrogens with two attached hydrogens (primary N) is 1. The zero-order valence-electron chi connectivity index (χ0n) is 11.5. The van der Waals surface area contributed by atoms with E-state index in [9.17, 15) is 4.39 Å². The number of aryl methyl sites for hydroxylation is 1. The first-order chi connectivity index (χ1) is 10.1. The lowest BCUT2D eigenvalue weighted by atomic mass is 10.1. The van der Waals surface area contributed by atoms with Crippen molar-refractivity contribution in [3.05, 3.63) is 52.6 Å². The summed E-state index contributed by atoms with van der Waals surface area (Å²) in [5.41, 5.74) is 9.18. The van der Waals surface area contributed by atoms with Gasteiger partial charge < -0.3 is 10.3 Å². The smallest absolute Gasteiger partial charge is 0.201 e. The normalized spacial score (nSPS) is 11.2. The number of rotatable bonds is 3. The van der Waals surface area contributed by atoms with Crippen molar-refractivity contribution in [3.8, 4) is 0 Å². The van der Waals surface area contributed by atoms with Gasteiger partial charge in [0.15, 0.2) is 0 Å². The summed E-state index contributed by atoms with van der Waals surface area (Å²) in [5.74, 6) is -0.165. The fraction of sp³-hybridized carbons (Fsp3) is 0.200. The Balaban J connectivity index is 2.12. The number of pyridine rings is 1. The van der Waals surface area contributed by atoms with Crippen LogP contribution in [0.5, 0.6) is 0 Å². The molecular weight excluding hydrogens is 291 g/mol. The second-order valence-electron chi connectivity index (χ2n) is 4.77. The quantitative estimate of drug-likeness (QED) is 0.806. The van der Waals surface area contributed by atoms with Crippen molar-refractivity contribution < 1.29 is 4.39 Å². The average Bonchev–Trinajstić information content (AvgIpc) is 2.76. The highest BCUT2D eigenvalue weighted by molar-refractivity contribution is 6.31. The van der Waals surface area contributed by atoms with Gasteiger partial charge in [0.25, 0.3) is 0 Å².